The third kappa shape index (κ3) is 5.48. The topological polar surface area (TPSA) is 61.8 Å². The molecule has 0 unspecified atom stereocenters. The van der Waals surface area contributed by atoms with Gasteiger partial charge in [-0.15, -0.1) is 0 Å². The number of rotatable bonds is 6. The van der Waals surface area contributed by atoms with Crippen LogP contribution in [0, 0.1) is 5.82 Å². The maximum absolute atomic E-state index is 13.2. The lowest BCUT2D eigenvalue weighted by Gasteiger charge is -2.36. The van der Waals surface area contributed by atoms with Gasteiger partial charge in [0.2, 0.25) is 5.91 Å². The first-order valence-electron chi connectivity index (χ1n) is 11.6. The van der Waals surface area contributed by atoms with Crippen molar-refractivity contribution in [3.05, 3.63) is 60.2 Å². The van der Waals surface area contributed by atoms with Crippen molar-refractivity contribution in [3.8, 4) is 0 Å². The summed E-state index contributed by atoms with van der Waals surface area (Å²) in [6.45, 7) is 6.69. The number of nitrogens with zero attached hydrogens (tertiary/aromatic N) is 5. The molecule has 5 rings (SSSR count). The van der Waals surface area contributed by atoms with E-state index in [9.17, 15) is 9.18 Å². The highest BCUT2D eigenvalue weighted by Gasteiger charge is 2.22. The van der Waals surface area contributed by atoms with Crippen LogP contribution < -0.4 is 4.90 Å². The van der Waals surface area contributed by atoms with Gasteiger partial charge in [0.25, 0.3) is 0 Å². The molecule has 3 aromatic rings. The molecule has 3 heterocycles. The van der Waals surface area contributed by atoms with E-state index in [2.05, 4.69) is 9.80 Å². The van der Waals surface area contributed by atoms with E-state index in [-0.39, 0.29) is 11.7 Å². The van der Waals surface area contributed by atoms with Crippen LogP contribution in [0.1, 0.15) is 5.82 Å². The van der Waals surface area contributed by atoms with Gasteiger partial charge in [0, 0.05) is 50.3 Å². The van der Waals surface area contributed by atoms with Crippen LogP contribution in [0.25, 0.3) is 10.9 Å². The zero-order valence-electron chi connectivity index (χ0n) is 19.0. The molecular weight excluding hydrogens is 453 g/mol. The quantitative estimate of drug-likeness (QED) is 0.396. The van der Waals surface area contributed by atoms with Crippen molar-refractivity contribution in [3.63, 3.8) is 0 Å². The number of ether oxygens (including phenoxy) is 1. The van der Waals surface area contributed by atoms with Crippen LogP contribution in [-0.2, 0) is 16.1 Å². The van der Waals surface area contributed by atoms with E-state index in [0.717, 1.165) is 66.8 Å². The third-order valence-electron chi connectivity index (χ3n) is 6.24. The first-order valence-corrected chi connectivity index (χ1v) is 12.6. The fraction of sp³-hybridized carbons (Fsp3) is 0.400. The number of halogens is 1. The van der Waals surface area contributed by atoms with Crippen LogP contribution in [0.15, 0.2) is 53.6 Å². The molecule has 0 radical (unpaired) electrons. The minimum atomic E-state index is -0.236. The zero-order valence-corrected chi connectivity index (χ0v) is 19.8. The SMILES string of the molecule is O=C(CSc1nc(CN2CCOCC2)nc2ccccc12)N1CCN(c2ccc(F)cc2)CC1. The van der Waals surface area contributed by atoms with Crippen molar-refractivity contribution in [1.29, 1.82) is 0 Å². The number of carbonyl (C=O) groups is 1. The standard InChI is InChI=1S/C25H28FN5O2S/c26-19-5-7-20(8-6-19)30-9-11-31(12-10-30)24(32)18-34-25-21-3-1-2-4-22(21)27-23(28-25)17-29-13-15-33-16-14-29/h1-8H,9-18H2. The van der Waals surface area contributed by atoms with E-state index in [0.29, 0.717) is 25.4 Å². The Morgan fingerprint density at radius 3 is 2.44 bits per heavy atom. The van der Waals surface area contributed by atoms with E-state index in [4.69, 9.17) is 14.7 Å². The van der Waals surface area contributed by atoms with Gasteiger partial charge in [0.15, 0.2) is 0 Å². The molecule has 0 spiro atoms. The lowest BCUT2D eigenvalue weighted by atomic mass is 10.2. The highest BCUT2D eigenvalue weighted by atomic mass is 32.2. The van der Waals surface area contributed by atoms with Crippen LogP contribution in [0.2, 0.25) is 0 Å². The lowest BCUT2D eigenvalue weighted by molar-refractivity contribution is -0.128. The number of para-hydroxylation sites is 1. The molecule has 34 heavy (non-hydrogen) atoms. The average Bonchev–Trinajstić information content (AvgIpc) is 2.88. The fourth-order valence-corrected chi connectivity index (χ4v) is 5.26. The Hall–Kier alpha value is -2.75. The second-order valence-corrected chi connectivity index (χ2v) is 9.45. The van der Waals surface area contributed by atoms with Gasteiger partial charge in [-0.05, 0) is 30.3 Å². The van der Waals surface area contributed by atoms with Gasteiger partial charge in [0.1, 0.15) is 16.7 Å². The second kappa shape index (κ2) is 10.7. The first-order chi connectivity index (χ1) is 16.7. The molecule has 2 aliphatic heterocycles. The molecule has 178 valence electrons. The Morgan fingerprint density at radius 1 is 0.941 bits per heavy atom. The average molecular weight is 482 g/mol. The maximum atomic E-state index is 13.2. The van der Waals surface area contributed by atoms with Crippen molar-refractivity contribution in [2.45, 2.75) is 11.6 Å². The summed E-state index contributed by atoms with van der Waals surface area (Å²) in [6.07, 6.45) is 0. The number of fused-ring (bicyclic) bond motifs is 1. The molecule has 0 aliphatic carbocycles. The number of piperazine rings is 1. The van der Waals surface area contributed by atoms with Gasteiger partial charge < -0.3 is 14.5 Å². The van der Waals surface area contributed by atoms with Crippen molar-refractivity contribution in [2.75, 3.05) is 63.1 Å². The lowest BCUT2D eigenvalue weighted by Crippen LogP contribution is -2.49. The number of amides is 1. The molecule has 1 aromatic heterocycles. The number of hydrogen-bond donors (Lipinski definition) is 0. The number of thioether (sulfide) groups is 1. The van der Waals surface area contributed by atoms with E-state index in [1.165, 1.54) is 23.9 Å². The summed E-state index contributed by atoms with van der Waals surface area (Å²) in [5.74, 6) is 0.999. The summed E-state index contributed by atoms with van der Waals surface area (Å²) in [5, 5.41) is 1.83. The number of morpholine rings is 1. The predicted octanol–water partition coefficient (Wildman–Crippen LogP) is 3.04. The van der Waals surface area contributed by atoms with E-state index in [1.54, 1.807) is 12.1 Å². The van der Waals surface area contributed by atoms with Crippen LogP contribution >= 0.6 is 11.8 Å². The molecule has 2 fully saturated rings. The molecule has 0 saturated carbocycles. The molecule has 2 saturated heterocycles. The fourth-order valence-electron chi connectivity index (χ4n) is 4.32. The van der Waals surface area contributed by atoms with Gasteiger partial charge in [-0.2, -0.15) is 0 Å². The number of benzene rings is 2. The normalized spacial score (nSPS) is 17.3. The molecule has 9 heteroatoms. The molecule has 0 atom stereocenters. The largest absolute Gasteiger partial charge is 0.379 e. The number of aromatic nitrogens is 2. The van der Waals surface area contributed by atoms with E-state index in [1.807, 2.05) is 29.2 Å². The number of carbonyl (C=O) groups excluding carboxylic acids is 1. The second-order valence-electron chi connectivity index (χ2n) is 8.48. The van der Waals surface area contributed by atoms with Crippen molar-refractivity contribution >= 4 is 34.3 Å². The molecule has 2 aromatic carbocycles. The zero-order chi connectivity index (χ0) is 23.3. The summed E-state index contributed by atoms with van der Waals surface area (Å²) < 4.78 is 18.6. The van der Waals surface area contributed by atoms with E-state index < -0.39 is 0 Å². The summed E-state index contributed by atoms with van der Waals surface area (Å²) >= 11 is 1.49. The van der Waals surface area contributed by atoms with Gasteiger partial charge in [-0.3, -0.25) is 9.69 Å². The van der Waals surface area contributed by atoms with E-state index >= 15 is 0 Å². The molecule has 0 bridgehead atoms. The smallest absolute Gasteiger partial charge is 0.233 e. The Labute approximate surface area is 202 Å². The predicted molar refractivity (Wildman–Crippen MR) is 132 cm³/mol. The Balaban J connectivity index is 1.22. The Bertz CT molecular complexity index is 1130. The highest BCUT2D eigenvalue weighted by molar-refractivity contribution is 8.00. The van der Waals surface area contributed by atoms with Crippen LogP contribution in [-0.4, -0.2) is 83.9 Å². The minimum absolute atomic E-state index is 0.112. The van der Waals surface area contributed by atoms with Crippen molar-refractivity contribution < 1.29 is 13.9 Å². The summed E-state index contributed by atoms with van der Waals surface area (Å²) in [5.41, 5.74) is 1.90. The summed E-state index contributed by atoms with van der Waals surface area (Å²) in [7, 11) is 0. The van der Waals surface area contributed by atoms with Gasteiger partial charge in [0.05, 0.1) is 31.0 Å². The molecular formula is C25H28FN5O2S. The summed E-state index contributed by atoms with van der Waals surface area (Å²) in [4.78, 5) is 29.0. The van der Waals surface area contributed by atoms with Gasteiger partial charge in [-0.25, -0.2) is 14.4 Å². The van der Waals surface area contributed by atoms with Crippen molar-refractivity contribution in [1.82, 2.24) is 19.8 Å². The van der Waals surface area contributed by atoms with Gasteiger partial charge in [-0.1, -0.05) is 30.0 Å². The molecule has 0 N–H and O–H groups in total. The van der Waals surface area contributed by atoms with Gasteiger partial charge >= 0.3 is 0 Å². The molecule has 2 aliphatic rings. The monoisotopic (exact) mass is 481 g/mol. The first kappa shape index (κ1) is 23.0. The van der Waals surface area contributed by atoms with Crippen LogP contribution in [0.3, 0.4) is 0 Å². The molecule has 7 nitrogen and oxygen atoms in total. The Morgan fingerprint density at radius 2 is 1.68 bits per heavy atom. The maximum Gasteiger partial charge on any atom is 0.233 e. The Kier molecular flexibility index (Phi) is 7.22. The molecule has 1 amide bonds. The van der Waals surface area contributed by atoms with Crippen molar-refractivity contribution in [2.24, 2.45) is 0 Å². The van der Waals surface area contributed by atoms with Crippen LogP contribution in [0.4, 0.5) is 10.1 Å². The third-order valence-corrected chi connectivity index (χ3v) is 7.22. The summed E-state index contributed by atoms with van der Waals surface area (Å²) in [6, 6.07) is 14.5. The number of anilines is 1. The van der Waals surface area contributed by atoms with Crippen LogP contribution in [0.5, 0.6) is 0 Å². The number of hydrogen-bond acceptors (Lipinski definition) is 7. The highest BCUT2D eigenvalue weighted by Crippen LogP contribution is 2.26. The minimum Gasteiger partial charge on any atom is -0.379 e.